The van der Waals surface area contributed by atoms with Crippen molar-refractivity contribution in [3.8, 4) is 0 Å². The molecule has 0 aromatic heterocycles. The van der Waals surface area contributed by atoms with Gasteiger partial charge in [-0.15, -0.1) is 0 Å². The lowest BCUT2D eigenvalue weighted by atomic mass is 10.1. The van der Waals surface area contributed by atoms with Gasteiger partial charge in [0.1, 0.15) is 12.4 Å². The van der Waals surface area contributed by atoms with Crippen molar-refractivity contribution in [3.63, 3.8) is 0 Å². The molecule has 0 heterocycles. The first-order chi connectivity index (χ1) is 11.6. The molecule has 0 bridgehead atoms. The van der Waals surface area contributed by atoms with Gasteiger partial charge in [-0.25, -0.2) is 18.0 Å². The van der Waals surface area contributed by atoms with Crippen LogP contribution < -0.4 is 0 Å². The summed E-state index contributed by atoms with van der Waals surface area (Å²) >= 11 is 2.82. The number of hydrogen-bond acceptors (Lipinski definition) is 4. The van der Waals surface area contributed by atoms with Gasteiger partial charge in [0.05, 0.1) is 17.5 Å². The highest BCUT2D eigenvalue weighted by atomic mass is 79.9. The zero-order valence-electron chi connectivity index (χ0n) is 13.7. The fourth-order valence-electron chi connectivity index (χ4n) is 2.72. The fraction of sp³-hybridized carbons (Fsp3) is 0.412. The molecule has 1 aromatic rings. The zero-order chi connectivity index (χ0) is 18.9. The third kappa shape index (κ3) is 3.89. The monoisotopic (exact) mass is 420 g/mol. The Hall–Kier alpha value is -1.83. The van der Waals surface area contributed by atoms with Crippen LogP contribution in [0.15, 0.2) is 22.7 Å². The number of methoxy groups -OCH3 is 1. The largest absolute Gasteiger partial charge is 0.466 e. The molecule has 0 radical (unpaired) electrons. The van der Waals surface area contributed by atoms with Gasteiger partial charge >= 0.3 is 11.9 Å². The van der Waals surface area contributed by atoms with Crippen molar-refractivity contribution in [2.45, 2.75) is 20.5 Å². The molecule has 1 aliphatic carbocycles. The van der Waals surface area contributed by atoms with E-state index >= 15 is 0 Å². The molecule has 25 heavy (non-hydrogen) atoms. The number of hydrogen-bond donors (Lipinski definition) is 0. The van der Waals surface area contributed by atoms with Crippen LogP contribution in [0.4, 0.5) is 13.2 Å². The van der Waals surface area contributed by atoms with Gasteiger partial charge < -0.3 is 9.47 Å². The Labute approximate surface area is 151 Å². The molecule has 2 atom stereocenters. The molecule has 4 nitrogen and oxygen atoms in total. The second-order valence-electron chi connectivity index (χ2n) is 6.26. The smallest absolute Gasteiger partial charge is 0.330 e. The van der Waals surface area contributed by atoms with Crippen LogP contribution in [0.2, 0.25) is 0 Å². The Kier molecular flexibility index (Phi) is 5.61. The normalized spacial score (nSPS) is 21.2. The van der Waals surface area contributed by atoms with Crippen molar-refractivity contribution < 1.29 is 32.2 Å². The summed E-state index contributed by atoms with van der Waals surface area (Å²) < 4.78 is 49.7. The van der Waals surface area contributed by atoms with E-state index in [4.69, 9.17) is 4.74 Å². The summed E-state index contributed by atoms with van der Waals surface area (Å²) in [4.78, 5) is 23.4. The number of benzene rings is 1. The minimum Gasteiger partial charge on any atom is -0.466 e. The van der Waals surface area contributed by atoms with E-state index in [-0.39, 0.29) is 10.4 Å². The third-order valence-electron chi connectivity index (χ3n) is 4.37. The maximum Gasteiger partial charge on any atom is 0.330 e. The maximum atomic E-state index is 13.8. The van der Waals surface area contributed by atoms with Crippen LogP contribution in [-0.4, -0.2) is 19.0 Å². The molecule has 1 aromatic carbocycles. The number of carbonyl (C=O) groups excluding carboxylic acids is 2. The lowest BCUT2D eigenvalue weighted by Crippen LogP contribution is -2.12. The molecular weight excluding hydrogens is 405 g/mol. The summed E-state index contributed by atoms with van der Waals surface area (Å²) in [5.74, 6) is -5.62. The van der Waals surface area contributed by atoms with E-state index in [0.29, 0.717) is 6.07 Å². The molecule has 0 aliphatic heterocycles. The highest BCUT2D eigenvalue weighted by molar-refractivity contribution is 9.10. The van der Waals surface area contributed by atoms with E-state index in [1.807, 2.05) is 13.8 Å². The number of rotatable bonds is 5. The van der Waals surface area contributed by atoms with Crippen molar-refractivity contribution in [2.75, 3.05) is 7.11 Å². The molecule has 2 rings (SSSR count). The molecule has 0 spiro atoms. The van der Waals surface area contributed by atoms with E-state index in [1.54, 1.807) is 6.08 Å². The molecule has 0 N–H and O–H groups in total. The van der Waals surface area contributed by atoms with E-state index < -0.39 is 52.9 Å². The number of allylic oxidation sites excluding steroid dienone is 1. The zero-order valence-corrected chi connectivity index (χ0v) is 15.3. The van der Waals surface area contributed by atoms with E-state index in [2.05, 4.69) is 20.7 Å². The molecule has 0 saturated heterocycles. The van der Waals surface area contributed by atoms with E-state index in [1.165, 1.54) is 13.2 Å². The van der Waals surface area contributed by atoms with Crippen LogP contribution >= 0.6 is 15.9 Å². The second kappa shape index (κ2) is 7.19. The summed E-state index contributed by atoms with van der Waals surface area (Å²) in [5.41, 5.74) is -0.865. The van der Waals surface area contributed by atoms with Crippen molar-refractivity contribution in [2.24, 2.45) is 17.3 Å². The van der Waals surface area contributed by atoms with E-state index in [0.717, 1.165) is 0 Å². The van der Waals surface area contributed by atoms with Crippen LogP contribution in [-0.2, 0) is 25.7 Å². The van der Waals surface area contributed by atoms with Gasteiger partial charge in [0.15, 0.2) is 11.6 Å². The van der Waals surface area contributed by atoms with Gasteiger partial charge in [-0.3, -0.25) is 4.79 Å². The summed E-state index contributed by atoms with van der Waals surface area (Å²) in [6.45, 7) is 3.01. The average molecular weight is 421 g/mol. The van der Waals surface area contributed by atoms with Gasteiger partial charge in [-0.2, -0.15) is 0 Å². The molecule has 0 amide bonds. The molecule has 1 saturated carbocycles. The van der Waals surface area contributed by atoms with Crippen LogP contribution in [0.5, 0.6) is 0 Å². The molecular formula is C17H16BrF3O4. The number of esters is 2. The van der Waals surface area contributed by atoms with Gasteiger partial charge in [0.25, 0.3) is 0 Å². The Morgan fingerprint density at radius 1 is 1.28 bits per heavy atom. The topological polar surface area (TPSA) is 52.6 Å². The first-order valence-corrected chi connectivity index (χ1v) is 8.15. The summed E-state index contributed by atoms with van der Waals surface area (Å²) in [5, 5.41) is 0. The van der Waals surface area contributed by atoms with Gasteiger partial charge in [0.2, 0.25) is 0 Å². The Balaban J connectivity index is 2.07. The standard InChI is InChI=1S/C17H16BrF3O4/c1-17(2)9(4-5-12(22)24-3)13(17)16(23)25-7-8-14(18)10(19)6-11(20)15(8)21/h4-6,9,13H,7H2,1-3H3/b5-4-/t9-,13-/m0/s1. The van der Waals surface area contributed by atoms with E-state index in [9.17, 15) is 22.8 Å². The van der Waals surface area contributed by atoms with Crippen molar-refractivity contribution in [3.05, 3.63) is 45.7 Å². The number of ether oxygens (including phenoxy) is 2. The van der Waals surface area contributed by atoms with Crippen molar-refractivity contribution in [1.82, 2.24) is 0 Å². The number of carbonyl (C=O) groups is 2. The first-order valence-electron chi connectivity index (χ1n) is 7.35. The van der Waals surface area contributed by atoms with Crippen molar-refractivity contribution in [1.29, 1.82) is 0 Å². The SMILES string of the molecule is COC(=O)/C=C\[C@H]1[C@@H](C(=O)OCc2c(F)c(F)cc(F)c2Br)C1(C)C. The van der Waals surface area contributed by atoms with Crippen LogP contribution in [0.3, 0.4) is 0 Å². The van der Waals surface area contributed by atoms with Gasteiger partial charge in [0, 0.05) is 17.7 Å². The summed E-state index contributed by atoms with van der Waals surface area (Å²) in [6.07, 6.45) is 2.77. The van der Waals surface area contributed by atoms with Gasteiger partial charge in [-0.1, -0.05) is 19.9 Å². The molecule has 8 heteroatoms. The highest BCUT2D eigenvalue weighted by Gasteiger charge is 2.61. The van der Waals surface area contributed by atoms with Crippen molar-refractivity contribution >= 4 is 27.9 Å². The predicted octanol–water partition coefficient (Wildman–Crippen LogP) is 3.91. The summed E-state index contributed by atoms with van der Waals surface area (Å²) in [7, 11) is 1.24. The molecule has 136 valence electrons. The molecule has 0 unspecified atom stereocenters. The quantitative estimate of drug-likeness (QED) is 0.411. The third-order valence-corrected chi connectivity index (χ3v) is 5.22. The first kappa shape index (κ1) is 19.5. The molecule has 1 fully saturated rings. The number of halogens is 4. The average Bonchev–Trinajstić information content (AvgIpc) is 3.11. The van der Waals surface area contributed by atoms with Crippen LogP contribution in [0.25, 0.3) is 0 Å². The lowest BCUT2D eigenvalue weighted by molar-refractivity contribution is -0.147. The minimum absolute atomic E-state index is 0.253. The van der Waals surface area contributed by atoms with Gasteiger partial charge in [-0.05, 0) is 27.3 Å². The predicted molar refractivity (Wildman–Crippen MR) is 85.7 cm³/mol. The fourth-order valence-corrected chi connectivity index (χ4v) is 3.12. The minimum atomic E-state index is -1.36. The Morgan fingerprint density at radius 3 is 2.52 bits per heavy atom. The Bertz CT molecular complexity index is 720. The lowest BCUT2D eigenvalue weighted by Gasteiger charge is -2.10. The molecule has 1 aliphatic rings. The van der Waals surface area contributed by atoms with Crippen LogP contribution in [0, 0.1) is 34.7 Å². The second-order valence-corrected chi connectivity index (χ2v) is 7.05. The Morgan fingerprint density at radius 2 is 1.92 bits per heavy atom. The maximum absolute atomic E-state index is 13.8. The summed E-state index contributed by atoms with van der Waals surface area (Å²) in [6, 6.07) is 0.405. The highest BCUT2D eigenvalue weighted by Crippen LogP contribution is 2.59. The van der Waals surface area contributed by atoms with Crippen LogP contribution in [0.1, 0.15) is 19.4 Å².